The second-order valence-electron chi connectivity index (χ2n) is 7.08. The van der Waals surface area contributed by atoms with Crippen LogP contribution in [0, 0.1) is 14.9 Å². The second kappa shape index (κ2) is 6.55. The monoisotopic (exact) mass is 399 g/mol. The highest BCUT2D eigenvalue weighted by Crippen LogP contribution is 2.49. The molecule has 2 nitrogen and oxygen atoms in total. The van der Waals surface area contributed by atoms with Crippen LogP contribution in [0.25, 0.3) is 0 Å². The van der Waals surface area contributed by atoms with Crippen LogP contribution in [-0.2, 0) is 11.2 Å². The minimum Gasteiger partial charge on any atom is -0.377 e. The Labute approximate surface area is 142 Å². The van der Waals surface area contributed by atoms with Gasteiger partial charge in [-0.15, -0.1) is 0 Å². The van der Waals surface area contributed by atoms with Gasteiger partial charge < -0.3 is 10.1 Å². The van der Waals surface area contributed by atoms with Crippen LogP contribution in [0.2, 0.25) is 0 Å². The minimum atomic E-state index is 0.290. The van der Waals surface area contributed by atoms with Crippen molar-refractivity contribution in [1.29, 1.82) is 0 Å². The van der Waals surface area contributed by atoms with Gasteiger partial charge in [0.05, 0.1) is 6.10 Å². The number of rotatable bonds is 6. The molecule has 1 saturated heterocycles. The van der Waals surface area contributed by atoms with Crippen LogP contribution in [0.5, 0.6) is 0 Å². The maximum atomic E-state index is 6.18. The molecule has 116 valence electrons. The average Bonchev–Trinajstić information content (AvgIpc) is 3.21. The van der Waals surface area contributed by atoms with Crippen LogP contribution < -0.4 is 5.32 Å². The fraction of sp³-hybridized carbons (Fsp3) is 0.667. The summed E-state index contributed by atoms with van der Waals surface area (Å²) < 4.78 is 7.49. The average molecular weight is 399 g/mol. The number of benzene rings is 1. The molecule has 3 heteroatoms. The zero-order valence-corrected chi connectivity index (χ0v) is 15.2. The van der Waals surface area contributed by atoms with Crippen molar-refractivity contribution in [3.63, 3.8) is 0 Å². The van der Waals surface area contributed by atoms with Gasteiger partial charge in [-0.1, -0.05) is 26.0 Å². The Hall–Kier alpha value is -0.130. The number of halogens is 1. The van der Waals surface area contributed by atoms with Crippen molar-refractivity contribution in [2.24, 2.45) is 11.3 Å². The summed E-state index contributed by atoms with van der Waals surface area (Å²) >= 11 is 2.38. The van der Waals surface area contributed by atoms with Crippen molar-refractivity contribution in [2.75, 3.05) is 13.2 Å². The first-order valence-corrected chi connectivity index (χ1v) is 9.26. The Balaban J connectivity index is 1.79. The van der Waals surface area contributed by atoms with Gasteiger partial charge in [0.25, 0.3) is 0 Å². The Morgan fingerprint density at radius 1 is 1.29 bits per heavy atom. The summed E-state index contributed by atoms with van der Waals surface area (Å²) in [6.45, 7) is 6.49. The van der Waals surface area contributed by atoms with E-state index in [9.17, 15) is 0 Å². The van der Waals surface area contributed by atoms with Gasteiger partial charge in [-0.2, -0.15) is 0 Å². The van der Waals surface area contributed by atoms with Gasteiger partial charge in [-0.05, 0) is 71.9 Å². The summed E-state index contributed by atoms with van der Waals surface area (Å²) in [5, 5.41) is 3.69. The predicted octanol–water partition coefficient (Wildman–Crippen LogP) is 4.02. The molecule has 0 amide bonds. The Bertz CT molecular complexity index is 469. The van der Waals surface area contributed by atoms with E-state index >= 15 is 0 Å². The molecule has 0 spiro atoms. The van der Waals surface area contributed by atoms with Gasteiger partial charge in [-0.25, -0.2) is 0 Å². The van der Waals surface area contributed by atoms with Crippen molar-refractivity contribution in [3.05, 3.63) is 33.4 Å². The lowest BCUT2D eigenvalue weighted by Crippen LogP contribution is -2.45. The third-order valence-electron chi connectivity index (χ3n) is 4.88. The number of hydrogen-bond donors (Lipinski definition) is 1. The van der Waals surface area contributed by atoms with Crippen molar-refractivity contribution >= 4 is 22.6 Å². The molecule has 1 aromatic carbocycles. The summed E-state index contributed by atoms with van der Waals surface area (Å²) in [5.74, 6) is 0.810. The van der Waals surface area contributed by atoms with E-state index in [2.05, 4.69) is 66.0 Å². The molecule has 1 saturated carbocycles. The standard InChI is InChI=1S/C18H26INO/c1-13(2)20-12-18(9-10-21-17(18)15-5-6-15)11-14-3-7-16(19)8-4-14/h3-4,7-8,13,15,17,20H,5-6,9-12H2,1-2H3. The molecule has 2 aliphatic rings. The molecule has 2 fully saturated rings. The Kier molecular flexibility index (Phi) is 4.91. The topological polar surface area (TPSA) is 21.3 Å². The zero-order chi connectivity index (χ0) is 14.9. The molecule has 0 radical (unpaired) electrons. The summed E-state index contributed by atoms with van der Waals surface area (Å²) in [6, 6.07) is 9.57. The third-order valence-corrected chi connectivity index (χ3v) is 5.60. The molecule has 0 bridgehead atoms. The van der Waals surface area contributed by atoms with E-state index in [0.717, 1.165) is 25.5 Å². The van der Waals surface area contributed by atoms with Crippen molar-refractivity contribution in [1.82, 2.24) is 5.32 Å². The first kappa shape index (κ1) is 15.8. The SMILES string of the molecule is CC(C)NCC1(Cc2ccc(I)cc2)CCOC1C1CC1. The highest BCUT2D eigenvalue weighted by Gasteiger charge is 2.50. The van der Waals surface area contributed by atoms with Crippen LogP contribution in [0.4, 0.5) is 0 Å². The van der Waals surface area contributed by atoms with Crippen LogP contribution in [0.1, 0.15) is 38.7 Å². The number of ether oxygens (including phenoxy) is 1. The maximum absolute atomic E-state index is 6.18. The third kappa shape index (κ3) is 3.80. The molecule has 1 heterocycles. The van der Waals surface area contributed by atoms with E-state index in [1.807, 2.05) is 0 Å². The fourth-order valence-corrected chi connectivity index (χ4v) is 3.96. The van der Waals surface area contributed by atoms with Gasteiger partial charge in [-0.3, -0.25) is 0 Å². The smallest absolute Gasteiger partial charge is 0.0675 e. The molecule has 0 aromatic heterocycles. The lowest BCUT2D eigenvalue weighted by atomic mass is 9.74. The van der Waals surface area contributed by atoms with Gasteiger partial charge in [0.2, 0.25) is 0 Å². The van der Waals surface area contributed by atoms with Crippen molar-refractivity contribution < 1.29 is 4.74 Å². The first-order chi connectivity index (χ1) is 10.1. The lowest BCUT2D eigenvalue weighted by Gasteiger charge is -2.35. The van der Waals surface area contributed by atoms with Crippen LogP contribution in [-0.4, -0.2) is 25.3 Å². The molecule has 2 unspecified atom stereocenters. The van der Waals surface area contributed by atoms with E-state index in [-0.39, 0.29) is 5.41 Å². The van der Waals surface area contributed by atoms with E-state index in [4.69, 9.17) is 4.74 Å². The Morgan fingerprint density at radius 3 is 2.62 bits per heavy atom. The molecule has 1 N–H and O–H groups in total. The van der Waals surface area contributed by atoms with E-state index < -0.39 is 0 Å². The minimum absolute atomic E-state index is 0.290. The second-order valence-corrected chi connectivity index (χ2v) is 8.33. The molecule has 1 aliphatic heterocycles. The van der Waals surface area contributed by atoms with E-state index in [0.29, 0.717) is 12.1 Å². The van der Waals surface area contributed by atoms with Crippen LogP contribution in [0.3, 0.4) is 0 Å². The quantitative estimate of drug-likeness (QED) is 0.730. The fourth-order valence-electron chi connectivity index (χ4n) is 3.60. The highest BCUT2D eigenvalue weighted by molar-refractivity contribution is 14.1. The van der Waals surface area contributed by atoms with Crippen LogP contribution >= 0.6 is 22.6 Å². The molecule has 21 heavy (non-hydrogen) atoms. The molecule has 1 aliphatic carbocycles. The molecular formula is C18H26INO. The molecule has 3 rings (SSSR count). The number of nitrogens with one attached hydrogen (secondary N) is 1. The van der Waals surface area contributed by atoms with E-state index in [1.54, 1.807) is 0 Å². The summed E-state index contributed by atoms with van der Waals surface area (Å²) in [7, 11) is 0. The summed E-state index contributed by atoms with van der Waals surface area (Å²) in [6.07, 6.45) is 5.52. The Morgan fingerprint density at radius 2 is 2.00 bits per heavy atom. The summed E-state index contributed by atoms with van der Waals surface area (Å²) in [4.78, 5) is 0. The summed E-state index contributed by atoms with van der Waals surface area (Å²) in [5.41, 5.74) is 1.75. The molecular weight excluding hydrogens is 373 g/mol. The molecule has 1 aromatic rings. The van der Waals surface area contributed by atoms with Gasteiger partial charge >= 0.3 is 0 Å². The highest BCUT2D eigenvalue weighted by atomic mass is 127. The first-order valence-electron chi connectivity index (χ1n) is 8.18. The normalized spacial score (nSPS) is 29.2. The largest absolute Gasteiger partial charge is 0.377 e. The maximum Gasteiger partial charge on any atom is 0.0675 e. The van der Waals surface area contributed by atoms with Crippen LogP contribution in [0.15, 0.2) is 24.3 Å². The van der Waals surface area contributed by atoms with Gasteiger partial charge in [0.1, 0.15) is 0 Å². The lowest BCUT2D eigenvalue weighted by molar-refractivity contribution is 0.0298. The predicted molar refractivity (Wildman–Crippen MR) is 95.5 cm³/mol. The van der Waals surface area contributed by atoms with Crippen molar-refractivity contribution in [2.45, 2.75) is 51.7 Å². The van der Waals surface area contributed by atoms with Crippen molar-refractivity contribution in [3.8, 4) is 0 Å². The zero-order valence-electron chi connectivity index (χ0n) is 13.1. The van der Waals surface area contributed by atoms with Gasteiger partial charge in [0, 0.05) is 28.2 Å². The van der Waals surface area contributed by atoms with Gasteiger partial charge in [0.15, 0.2) is 0 Å². The molecule has 2 atom stereocenters. The number of hydrogen-bond acceptors (Lipinski definition) is 2. The van der Waals surface area contributed by atoms with E-state index in [1.165, 1.54) is 28.4 Å².